The monoisotopic (exact) mass is 353 g/mol. The molecule has 0 heterocycles. The maximum atomic E-state index is 12.0. The van der Waals surface area contributed by atoms with Gasteiger partial charge in [-0.3, -0.25) is 14.9 Å². The van der Waals surface area contributed by atoms with E-state index in [0.29, 0.717) is 21.4 Å². The van der Waals surface area contributed by atoms with Crippen LogP contribution in [0.2, 0.25) is 10.0 Å². The number of rotatable bonds is 5. The highest BCUT2D eigenvalue weighted by molar-refractivity contribution is 6.35. The Morgan fingerprint density at radius 1 is 1.17 bits per heavy atom. The topological polar surface area (TPSA) is 84.3 Å². The summed E-state index contributed by atoms with van der Waals surface area (Å²) in [6, 6.07) is 9.15. The Bertz CT molecular complexity index is 766. The van der Waals surface area contributed by atoms with Crippen molar-refractivity contribution in [3.05, 3.63) is 62.1 Å². The Kier molecular flexibility index (Phi) is 5.41. The Hall–Kier alpha value is -2.31. The fraction of sp³-hybridized carbons (Fsp3) is 0.133. The minimum Gasteiger partial charge on any atom is -0.375 e. The third kappa shape index (κ3) is 4.58. The predicted molar refractivity (Wildman–Crippen MR) is 91.4 cm³/mol. The van der Waals surface area contributed by atoms with Gasteiger partial charge in [0.15, 0.2) is 0 Å². The highest BCUT2D eigenvalue weighted by Crippen LogP contribution is 2.25. The number of nitro groups is 1. The lowest BCUT2D eigenvalue weighted by Gasteiger charge is -2.11. The number of hydrogen-bond donors (Lipinski definition) is 2. The van der Waals surface area contributed by atoms with Crippen molar-refractivity contribution in [1.29, 1.82) is 0 Å². The summed E-state index contributed by atoms with van der Waals surface area (Å²) in [7, 11) is 0. The van der Waals surface area contributed by atoms with E-state index in [1.807, 2.05) is 0 Å². The lowest BCUT2D eigenvalue weighted by atomic mass is 10.2. The van der Waals surface area contributed by atoms with Crippen LogP contribution in [0, 0.1) is 17.0 Å². The van der Waals surface area contributed by atoms with Gasteiger partial charge in [0.1, 0.15) is 0 Å². The number of non-ortho nitro benzene ring substituents is 1. The Morgan fingerprint density at radius 3 is 2.61 bits per heavy atom. The van der Waals surface area contributed by atoms with E-state index in [1.165, 1.54) is 12.1 Å². The number of nitrogens with zero attached hydrogens (tertiary/aromatic N) is 1. The van der Waals surface area contributed by atoms with E-state index in [2.05, 4.69) is 10.6 Å². The molecule has 0 bridgehead atoms. The predicted octanol–water partition coefficient (Wildman–Crippen LogP) is 4.26. The molecule has 0 fully saturated rings. The number of halogens is 2. The van der Waals surface area contributed by atoms with Gasteiger partial charge < -0.3 is 10.6 Å². The molecular weight excluding hydrogens is 341 g/mol. The number of carbonyl (C=O) groups excluding carboxylic acids is 1. The summed E-state index contributed by atoms with van der Waals surface area (Å²) in [6.07, 6.45) is 0. The third-order valence-corrected chi connectivity index (χ3v) is 3.64. The first-order chi connectivity index (χ1) is 10.9. The number of hydrogen-bond acceptors (Lipinski definition) is 4. The highest BCUT2D eigenvalue weighted by Gasteiger charge is 2.11. The second-order valence-corrected chi connectivity index (χ2v) is 5.63. The smallest absolute Gasteiger partial charge is 0.271 e. The molecule has 0 aromatic heterocycles. The van der Waals surface area contributed by atoms with Crippen LogP contribution in [-0.2, 0) is 4.79 Å². The fourth-order valence-corrected chi connectivity index (χ4v) is 2.22. The molecule has 0 radical (unpaired) electrons. The molecule has 0 aliphatic heterocycles. The normalized spacial score (nSPS) is 10.2. The lowest BCUT2D eigenvalue weighted by Crippen LogP contribution is -2.22. The van der Waals surface area contributed by atoms with Gasteiger partial charge in [0.2, 0.25) is 5.91 Å². The van der Waals surface area contributed by atoms with Crippen molar-refractivity contribution >= 4 is 46.2 Å². The standard InChI is InChI=1S/C15H13Cl2N3O3/c1-9-2-4-11(20(22)23)7-13(9)19-15(21)8-18-14-6-10(16)3-5-12(14)17/h2-7,18H,8H2,1H3,(H,19,21). The first kappa shape index (κ1) is 17.1. The summed E-state index contributed by atoms with van der Waals surface area (Å²) in [5.74, 6) is -0.357. The van der Waals surface area contributed by atoms with Gasteiger partial charge in [-0.15, -0.1) is 0 Å². The van der Waals surface area contributed by atoms with Gasteiger partial charge >= 0.3 is 0 Å². The summed E-state index contributed by atoms with van der Waals surface area (Å²) in [5.41, 5.74) is 1.56. The zero-order chi connectivity index (χ0) is 17.0. The van der Waals surface area contributed by atoms with E-state index in [-0.39, 0.29) is 18.1 Å². The summed E-state index contributed by atoms with van der Waals surface area (Å²) in [4.78, 5) is 22.3. The van der Waals surface area contributed by atoms with Crippen LogP contribution in [0.15, 0.2) is 36.4 Å². The SMILES string of the molecule is Cc1ccc([N+](=O)[O-])cc1NC(=O)CNc1cc(Cl)ccc1Cl. The summed E-state index contributed by atoms with van der Waals surface area (Å²) < 4.78 is 0. The maximum absolute atomic E-state index is 12.0. The molecule has 23 heavy (non-hydrogen) atoms. The number of nitro benzene ring substituents is 1. The van der Waals surface area contributed by atoms with Gasteiger partial charge in [0.05, 0.1) is 27.9 Å². The van der Waals surface area contributed by atoms with Crippen LogP contribution in [0.25, 0.3) is 0 Å². The summed E-state index contributed by atoms with van der Waals surface area (Å²) in [6.45, 7) is 1.70. The van der Waals surface area contributed by atoms with Crippen LogP contribution < -0.4 is 10.6 Å². The van der Waals surface area contributed by atoms with E-state index in [0.717, 1.165) is 5.56 Å². The van der Waals surface area contributed by atoms with E-state index in [9.17, 15) is 14.9 Å². The van der Waals surface area contributed by atoms with Crippen molar-refractivity contribution in [1.82, 2.24) is 0 Å². The molecule has 120 valence electrons. The molecule has 0 aliphatic rings. The second kappa shape index (κ2) is 7.30. The molecular formula is C15H13Cl2N3O3. The first-order valence-corrected chi connectivity index (χ1v) is 7.36. The largest absolute Gasteiger partial charge is 0.375 e. The number of carbonyl (C=O) groups is 1. The molecule has 1 amide bonds. The number of amides is 1. The molecule has 2 rings (SSSR count). The van der Waals surface area contributed by atoms with Crippen molar-refractivity contribution < 1.29 is 9.72 Å². The van der Waals surface area contributed by atoms with Gasteiger partial charge in [0, 0.05) is 17.2 Å². The number of benzene rings is 2. The van der Waals surface area contributed by atoms with Gasteiger partial charge in [-0.25, -0.2) is 0 Å². The molecule has 0 spiro atoms. The van der Waals surface area contributed by atoms with Gasteiger partial charge in [-0.1, -0.05) is 29.3 Å². The molecule has 0 saturated carbocycles. The van der Waals surface area contributed by atoms with Crippen LogP contribution in [0.5, 0.6) is 0 Å². The van der Waals surface area contributed by atoms with Crippen molar-refractivity contribution in [2.45, 2.75) is 6.92 Å². The molecule has 8 heteroatoms. The van der Waals surface area contributed by atoms with E-state index >= 15 is 0 Å². The number of aryl methyl sites for hydroxylation is 1. The zero-order valence-corrected chi connectivity index (χ0v) is 13.6. The van der Waals surface area contributed by atoms with Crippen molar-refractivity contribution in [3.8, 4) is 0 Å². The van der Waals surface area contributed by atoms with Crippen LogP contribution in [0.4, 0.5) is 17.1 Å². The van der Waals surface area contributed by atoms with Crippen molar-refractivity contribution in [2.75, 3.05) is 17.2 Å². The average molecular weight is 354 g/mol. The number of anilines is 2. The average Bonchev–Trinajstić information content (AvgIpc) is 2.50. The zero-order valence-electron chi connectivity index (χ0n) is 12.1. The minimum absolute atomic E-state index is 0.0534. The van der Waals surface area contributed by atoms with Crippen LogP contribution in [-0.4, -0.2) is 17.4 Å². The van der Waals surface area contributed by atoms with Crippen molar-refractivity contribution in [2.24, 2.45) is 0 Å². The Balaban J connectivity index is 2.04. The maximum Gasteiger partial charge on any atom is 0.271 e. The first-order valence-electron chi connectivity index (χ1n) is 6.60. The third-order valence-electron chi connectivity index (χ3n) is 3.07. The Labute approximate surface area is 142 Å². The van der Waals surface area contributed by atoms with Crippen LogP contribution in [0.1, 0.15) is 5.56 Å². The fourth-order valence-electron chi connectivity index (χ4n) is 1.86. The molecule has 6 nitrogen and oxygen atoms in total. The molecule has 0 unspecified atom stereocenters. The lowest BCUT2D eigenvalue weighted by molar-refractivity contribution is -0.384. The van der Waals surface area contributed by atoms with E-state index < -0.39 is 4.92 Å². The molecule has 2 aromatic carbocycles. The quantitative estimate of drug-likeness (QED) is 0.621. The van der Waals surface area contributed by atoms with Crippen LogP contribution >= 0.6 is 23.2 Å². The molecule has 0 atom stereocenters. The van der Waals surface area contributed by atoms with Gasteiger partial charge in [0.25, 0.3) is 5.69 Å². The molecule has 0 aliphatic carbocycles. The van der Waals surface area contributed by atoms with E-state index in [4.69, 9.17) is 23.2 Å². The minimum atomic E-state index is -0.515. The molecule has 2 aromatic rings. The van der Waals surface area contributed by atoms with E-state index in [1.54, 1.807) is 31.2 Å². The summed E-state index contributed by atoms with van der Waals surface area (Å²) in [5, 5.41) is 17.2. The second-order valence-electron chi connectivity index (χ2n) is 4.78. The molecule has 2 N–H and O–H groups in total. The summed E-state index contributed by atoms with van der Waals surface area (Å²) >= 11 is 11.9. The van der Waals surface area contributed by atoms with Crippen LogP contribution in [0.3, 0.4) is 0 Å². The number of nitrogens with one attached hydrogen (secondary N) is 2. The van der Waals surface area contributed by atoms with Gasteiger partial charge in [-0.2, -0.15) is 0 Å². The van der Waals surface area contributed by atoms with Crippen molar-refractivity contribution in [3.63, 3.8) is 0 Å². The highest BCUT2D eigenvalue weighted by atomic mass is 35.5. The van der Waals surface area contributed by atoms with Gasteiger partial charge in [-0.05, 0) is 30.7 Å². The molecule has 0 saturated heterocycles. The Morgan fingerprint density at radius 2 is 1.91 bits per heavy atom.